The van der Waals surface area contributed by atoms with Crippen molar-refractivity contribution in [3.63, 3.8) is 0 Å². The number of carbonyl (C=O) groups excluding carboxylic acids is 1. The molecule has 9 heteroatoms. The molecular weight excluding hydrogens is 414 g/mol. The van der Waals surface area contributed by atoms with E-state index in [2.05, 4.69) is 20.2 Å². The number of nitrogens with one attached hydrogen (secondary N) is 2. The molecule has 2 N–H and O–H groups in total. The summed E-state index contributed by atoms with van der Waals surface area (Å²) in [5.41, 5.74) is 2.54. The first-order valence-corrected chi connectivity index (χ1v) is 11.1. The van der Waals surface area contributed by atoms with Gasteiger partial charge in [0, 0.05) is 17.4 Å². The number of aryl methyl sites for hydroxylation is 1. The van der Waals surface area contributed by atoms with Crippen LogP contribution in [-0.4, -0.2) is 28.9 Å². The van der Waals surface area contributed by atoms with Crippen molar-refractivity contribution in [2.75, 3.05) is 4.72 Å². The van der Waals surface area contributed by atoms with Crippen LogP contribution in [0.5, 0.6) is 0 Å². The lowest BCUT2D eigenvalue weighted by Crippen LogP contribution is -2.28. The summed E-state index contributed by atoms with van der Waals surface area (Å²) < 4.78 is 29.5. The zero-order valence-electron chi connectivity index (χ0n) is 17.0. The summed E-state index contributed by atoms with van der Waals surface area (Å²) in [7, 11) is -3.75. The van der Waals surface area contributed by atoms with Crippen LogP contribution in [0.15, 0.2) is 77.8 Å². The Hall–Kier alpha value is -3.72. The van der Waals surface area contributed by atoms with Gasteiger partial charge in [-0.25, -0.2) is 8.42 Å². The lowest BCUT2D eigenvalue weighted by atomic mass is 10.2. The van der Waals surface area contributed by atoms with E-state index in [0.29, 0.717) is 22.7 Å². The molecule has 2 aromatic heterocycles. The summed E-state index contributed by atoms with van der Waals surface area (Å²) in [5.74, 6) is 0.265. The van der Waals surface area contributed by atoms with Gasteiger partial charge in [-0.05, 0) is 62.4 Å². The highest BCUT2D eigenvalue weighted by molar-refractivity contribution is 7.92. The van der Waals surface area contributed by atoms with Crippen molar-refractivity contribution in [3.05, 3.63) is 89.9 Å². The number of nitrogens with zero attached hydrogens (tertiary/aromatic N) is 3. The summed E-state index contributed by atoms with van der Waals surface area (Å²) in [6.45, 7) is 3.74. The van der Waals surface area contributed by atoms with Gasteiger partial charge in [0.15, 0.2) is 11.5 Å². The third kappa shape index (κ3) is 4.41. The summed E-state index contributed by atoms with van der Waals surface area (Å²) in [5, 5.41) is 11.1. The first-order chi connectivity index (χ1) is 14.8. The minimum Gasteiger partial charge on any atom is -0.342 e. The number of fused-ring (bicyclic) bond motifs is 1. The number of anilines is 1. The van der Waals surface area contributed by atoms with Crippen LogP contribution in [0, 0.1) is 6.92 Å². The Morgan fingerprint density at radius 1 is 0.968 bits per heavy atom. The largest absolute Gasteiger partial charge is 0.342 e. The van der Waals surface area contributed by atoms with Crippen LogP contribution in [0.25, 0.3) is 5.65 Å². The Morgan fingerprint density at radius 2 is 1.68 bits per heavy atom. The van der Waals surface area contributed by atoms with Crippen LogP contribution in [-0.2, 0) is 10.0 Å². The molecular formula is C22H21N5O3S. The molecule has 4 aromatic rings. The van der Waals surface area contributed by atoms with Crippen LogP contribution in [0.4, 0.5) is 5.69 Å². The van der Waals surface area contributed by atoms with Crippen LogP contribution >= 0.6 is 0 Å². The smallest absolute Gasteiger partial charge is 0.261 e. The Kier molecular flexibility index (Phi) is 5.43. The van der Waals surface area contributed by atoms with E-state index in [1.54, 1.807) is 16.5 Å². The van der Waals surface area contributed by atoms with Gasteiger partial charge < -0.3 is 5.32 Å². The van der Waals surface area contributed by atoms with E-state index in [1.165, 1.54) is 24.3 Å². The maximum Gasteiger partial charge on any atom is 0.261 e. The molecule has 2 aromatic carbocycles. The van der Waals surface area contributed by atoms with Crippen molar-refractivity contribution in [1.29, 1.82) is 0 Å². The highest BCUT2D eigenvalue weighted by Gasteiger charge is 2.18. The average molecular weight is 436 g/mol. The van der Waals surface area contributed by atoms with E-state index in [-0.39, 0.29) is 10.8 Å². The van der Waals surface area contributed by atoms with Gasteiger partial charge in [-0.2, -0.15) is 0 Å². The number of aromatic nitrogens is 3. The molecule has 0 aliphatic rings. The molecule has 0 fully saturated rings. The first kappa shape index (κ1) is 20.5. The van der Waals surface area contributed by atoms with E-state index >= 15 is 0 Å². The normalized spacial score (nSPS) is 12.5. The van der Waals surface area contributed by atoms with Crippen molar-refractivity contribution in [3.8, 4) is 0 Å². The fraction of sp³-hybridized carbons (Fsp3) is 0.136. The summed E-state index contributed by atoms with van der Waals surface area (Å²) in [6.07, 6.45) is 1.83. The number of amides is 1. The van der Waals surface area contributed by atoms with E-state index in [1.807, 2.05) is 50.4 Å². The predicted molar refractivity (Wildman–Crippen MR) is 117 cm³/mol. The van der Waals surface area contributed by atoms with Crippen LogP contribution in [0.1, 0.15) is 34.7 Å². The third-order valence-electron chi connectivity index (χ3n) is 4.81. The van der Waals surface area contributed by atoms with Crippen LogP contribution in [0.2, 0.25) is 0 Å². The minimum atomic E-state index is -3.75. The molecule has 1 unspecified atom stereocenters. The minimum absolute atomic E-state index is 0.0705. The molecule has 0 saturated carbocycles. The van der Waals surface area contributed by atoms with E-state index in [9.17, 15) is 13.2 Å². The van der Waals surface area contributed by atoms with Gasteiger partial charge in [0.1, 0.15) is 0 Å². The number of sulfonamides is 1. The maximum absolute atomic E-state index is 12.6. The maximum atomic E-state index is 12.6. The topological polar surface area (TPSA) is 105 Å². The molecule has 158 valence electrons. The lowest BCUT2D eigenvalue weighted by molar-refractivity contribution is 0.0938. The van der Waals surface area contributed by atoms with E-state index in [4.69, 9.17) is 0 Å². The van der Waals surface area contributed by atoms with Gasteiger partial charge in [0.05, 0.1) is 10.9 Å². The van der Waals surface area contributed by atoms with Gasteiger partial charge in [-0.1, -0.05) is 23.8 Å². The molecule has 0 bridgehead atoms. The van der Waals surface area contributed by atoms with Gasteiger partial charge in [-0.15, -0.1) is 10.2 Å². The number of hydrogen-bond acceptors (Lipinski definition) is 5. The highest BCUT2D eigenvalue weighted by atomic mass is 32.2. The zero-order chi connectivity index (χ0) is 22.0. The standard InChI is InChI=1S/C22H21N5O3S/c1-15-6-10-18(11-7-15)26-31(29,30)19-12-8-17(9-13-19)22(28)23-16(2)21-25-24-20-5-3-4-14-27(20)21/h3-14,16,26H,1-2H3,(H,23,28). The number of rotatable bonds is 6. The lowest BCUT2D eigenvalue weighted by Gasteiger charge is -2.13. The highest BCUT2D eigenvalue weighted by Crippen LogP contribution is 2.18. The monoisotopic (exact) mass is 435 g/mol. The molecule has 8 nitrogen and oxygen atoms in total. The summed E-state index contributed by atoms with van der Waals surface area (Å²) >= 11 is 0. The fourth-order valence-electron chi connectivity index (χ4n) is 3.12. The van der Waals surface area contributed by atoms with Crippen molar-refractivity contribution < 1.29 is 13.2 Å². The van der Waals surface area contributed by atoms with Crippen molar-refractivity contribution in [1.82, 2.24) is 19.9 Å². The predicted octanol–water partition coefficient (Wildman–Crippen LogP) is 3.33. The Labute approximate surface area is 180 Å². The third-order valence-corrected chi connectivity index (χ3v) is 6.20. The van der Waals surface area contributed by atoms with E-state index in [0.717, 1.165) is 5.56 Å². The average Bonchev–Trinajstić information content (AvgIpc) is 3.20. The SMILES string of the molecule is Cc1ccc(NS(=O)(=O)c2ccc(C(=O)NC(C)c3nnc4ccccn34)cc2)cc1. The van der Waals surface area contributed by atoms with Gasteiger partial charge in [0.2, 0.25) is 0 Å². The molecule has 2 heterocycles. The molecule has 0 aliphatic heterocycles. The molecule has 0 aliphatic carbocycles. The second-order valence-electron chi connectivity index (χ2n) is 7.18. The Bertz CT molecular complexity index is 1330. The first-order valence-electron chi connectivity index (χ1n) is 9.63. The fourth-order valence-corrected chi connectivity index (χ4v) is 4.18. The van der Waals surface area contributed by atoms with E-state index < -0.39 is 16.1 Å². The summed E-state index contributed by atoms with van der Waals surface area (Å²) in [6, 6.07) is 18.0. The molecule has 1 atom stereocenters. The second-order valence-corrected chi connectivity index (χ2v) is 8.86. The zero-order valence-corrected chi connectivity index (χ0v) is 17.8. The summed E-state index contributed by atoms with van der Waals surface area (Å²) in [4.78, 5) is 12.7. The van der Waals surface area contributed by atoms with Gasteiger partial charge in [0.25, 0.3) is 15.9 Å². The molecule has 1 amide bonds. The molecule has 4 rings (SSSR count). The Balaban J connectivity index is 1.47. The number of hydrogen-bond donors (Lipinski definition) is 2. The Morgan fingerprint density at radius 3 is 2.39 bits per heavy atom. The molecule has 0 spiro atoms. The van der Waals surface area contributed by atoms with Gasteiger partial charge >= 0.3 is 0 Å². The second kappa shape index (κ2) is 8.19. The number of benzene rings is 2. The number of pyridine rings is 1. The van der Waals surface area contributed by atoms with Crippen LogP contribution in [0.3, 0.4) is 0 Å². The molecule has 0 saturated heterocycles. The number of carbonyl (C=O) groups is 1. The quantitative estimate of drug-likeness (QED) is 0.483. The van der Waals surface area contributed by atoms with Crippen LogP contribution < -0.4 is 10.0 Å². The van der Waals surface area contributed by atoms with Gasteiger partial charge in [-0.3, -0.25) is 13.9 Å². The molecule has 31 heavy (non-hydrogen) atoms. The van der Waals surface area contributed by atoms with Crippen molar-refractivity contribution >= 4 is 27.3 Å². The van der Waals surface area contributed by atoms with Crippen molar-refractivity contribution in [2.45, 2.75) is 24.8 Å². The molecule has 0 radical (unpaired) electrons. The van der Waals surface area contributed by atoms with Crippen molar-refractivity contribution in [2.24, 2.45) is 0 Å².